The third-order valence-electron chi connectivity index (χ3n) is 3.50. The van der Waals surface area contributed by atoms with E-state index in [0.717, 1.165) is 18.3 Å². The Kier molecular flexibility index (Phi) is 6.12. The monoisotopic (exact) mass is 305 g/mol. The van der Waals surface area contributed by atoms with Crippen molar-refractivity contribution in [1.29, 1.82) is 0 Å². The number of hydrogen-bond acceptors (Lipinski definition) is 4. The van der Waals surface area contributed by atoms with Gasteiger partial charge >= 0.3 is 0 Å². The van der Waals surface area contributed by atoms with Gasteiger partial charge in [0.05, 0.1) is 11.8 Å². The van der Waals surface area contributed by atoms with Gasteiger partial charge in [0, 0.05) is 12.6 Å². The summed E-state index contributed by atoms with van der Waals surface area (Å²) in [4.78, 5) is 6.94. The van der Waals surface area contributed by atoms with Crippen LogP contribution in [0.5, 0.6) is 0 Å². The van der Waals surface area contributed by atoms with Crippen molar-refractivity contribution in [1.82, 2.24) is 10.2 Å². The predicted molar refractivity (Wildman–Crippen MR) is 94.0 cm³/mol. The molecule has 0 radical (unpaired) electrons. The Bertz CT molecular complexity index is 446. The standard InChI is InChI=1S/C17H27N3S/c1-13(2)10-15(12-20(3)4)19-17-18-11-16(21-17)14-8-6-5-7-9-14/h5-9,13,15-16H,10-12H2,1-4H3,(H,18,19). The lowest BCUT2D eigenvalue weighted by atomic mass is 10.0. The Hall–Kier alpha value is -1.00. The van der Waals surface area contributed by atoms with Crippen LogP contribution in [-0.2, 0) is 0 Å². The van der Waals surface area contributed by atoms with Crippen LogP contribution in [0.1, 0.15) is 31.1 Å². The Morgan fingerprint density at radius 2 is 2.00 bits per heavy atom. The molecule has 2 unspecified atom stereocenters. The van der Waals surface area contributed by atoms with E-state index >= 15 is 0 Å². The van der Waals surface area contributed by atoms with Gasteiger partial charge in [0.1, 0.15) is 0 Å². The number of hydrogen-bond donors (Lipinski definition) is 1. The second-order valence-corrected chi connectivity index (χ2v) is 7.59. The lowest BCUT2D eigenvalue weighted by molar-refractivity contribution is 0.329. The van der Waals surface area contributed by atoms with Crippen LogP contribution >= 0.6 is 11.8 Å². The zero-order chi connectivity index (χ0) is 15.2. The van der Waals surface area contributed by atoms with Crippen molar-refractivity contribution in [2.75, 3.05) is 27.2 Å². The van der Waals surface area contributed by atoms with Crippen molar-refractivity contribution in [3.63, 3.8) is 0 Å². The molecule has 0 aliphatic carbocycles. The third kappa shape index (κ3) is 5.36. The molecule has 2 rings (SSSR count). The molecule has 0 bridgehead atoms. The van der Waals surface area contributed by atoms with Gasteiger partial charge < -0.3 is 10.2 Å². The number of aliphatic imine (C=N–C) groups is 1. The van der Waals surface area contributed by atoms with E-state index in [0.29, 0.717) is 17.2 Å². The number of nitrogens with zero attached hydrogens (tertiary/aromatic N) is 2. The SMILES string of the molecule is CC(C)CC(CN(C)C)NC1=NCC(c2ccccc2)S1. The molecule has 0 aromatic heterocycles. The van der Waals surface area contributed by atoms with E-state index in [2.05, 4.69) is 68.5 Å². The Balaban J connectivity index is 1.90. The molecular formula is C17H27N3S. The van der Waals surface area contributed by atoms with E-state index in [-0.39, 0.29) is 0 Å². The number of amidine groups is 1. The summed E-state index contributed by atoms with van der Waals surface area (Å²) in [6.07, 6.45) is 1.17. The van der Waals surface area contributed by atoms with Crippen LogP contribution in [0.25, 0.3) is 0 Å². The number of thioether (sulfide) groups is 1. The maximum atomic E-state index is 4.70. The lowest BCUT2D eigenvalue weighted by Crippen LogP contribution is -2.41. The van der Waals surface area contributed by atoms with Crippen LogP contribution in [0.3, 0.4) is 0 Å². The Morgan fingerprint density at radius 1 is 1.29 bits per heavy atom. The van der Waals surface area contributed by atoms with E-state index in [1.54, 1.807) is 0 Å². The number of benzene rings is 1. The fraction of sp³-hybridized carbons (Fsp3) is 0.588. The molecule has 4 heteroatoms. The highest BCUT2D eigenvalue weighted by atomic mass is 32.2. The van der Waals surface area contributed by atoms with Crippen molar-refractivity contribution in [3.05, 3.63) is 35.9 Å². The summed E-state index contributed by atoms with van der Waals surface area (Å²) in [5, 5.41) is 5.22. The van der Waals surface area contributed by atoms with Gasteiger partial charge in [0.25, 0.3) is 0 Å². The zero-order valence-electron chi connectivity index (χ0n) is 13.5. The molecule has 0 fully saturated rings. The molecule has 0 spiro atoms. The van der Waals surface area contributed by atoms with Crippen molar-refractivity contribution in [2.24, 2.45) is 10.9 Å². The highest BCUT2D eigenvalue weighted by Gasteiger charge is 2.23. The summed E-state index contributed by atoms with van der Waals surface area (Å²) in [7, 11) is 4.26. The van der Waals surface area contributed by atoms with E-state index in [4.69, 9.17) is 4.99 Å². The van der Waals surface area contributed by atoms with Gasteiger partial charge in [-0.1, -0.05) is 55.9 Å². The van der Waals surface area contributed by atoms with Gasteiger partial charge in [-0.25, -0.2) is 0 Å². The molecule has 1 aromatic carbocycles. The van der Waals surface area contributed by atoms with Gasteiger partial charge in [-0.2, -0.15) is 0 Å². The molecule has 21 heavy (non-hydrogen) atoms. The summed E-state index contributed by atoms with van der Waals surface area (Å²) in [5.41, 5.74) is 1.37. The first-order valence-corrected chi connectivity index (χ1v) is 8.60. The molecule has 2 atom stereocenters. The Labute approximate surface area is 133 Å². The number of nitrogens with one attached hydrogen (secondary N) is 1. The summed E-state index contributed by atoms with van der Waals surface area (Å²) < 4.78 is 0. The van der Waals surface area contributed by atoms with Crippen LogP contribution in [0.15, 0.2) is 35.3 Å². The van der Waals surface area contributed by atoms with E-state index in [1.165, 1.54) is 12.0 Å². The molecule has 1 N–H and O–H groups in total. The maximum absolute atomic E-state index is 4.70. The van der Waals surface area contributed by atoms with Crippen LogP contribution in [0.2, 0.25) is 0 Å². The Morgan fingerprint density at radius 3 is 2.62 bits per heavy atom. The first-order valence-electron chi connectivity index (χ1n) is 7.72. The average Bonchev–Trinajstić information content (AvgIpc) is 2.86. The summed E-state index contributed by atoms with van der Waals surface area (Å²) in [6.45, 7) is 6.49. The van der Waals surface area contributed by atoms with Crippen LogP contribution < -0.4 is 5.32 Å². The summed E-state index contributed by atoms with van der Waals surface area (Å²) >= 11 is 1.87. The van der Waals surface area contributed by atoms with Gasteiger partial charge in [0.15, 0.2) is 5.17 Å². The molecule has 0 amide bonds. The van der Waals surface area contributed by atoms with E-state index in [9.17, 15) is 0 Å². The van der Waals surface area contributed by atoms with Crippen molar-refractivity contribution in [2.45, 2.75) is 31.6 Å². The molecule has 0 saturated heterocycles. The van der Waals surface area contributed by atoms with Crippen LogP contribution in [-0.4, -0.2) is 43.3 Å². The molecule has 1 heterocycles. The smallest absolute Gasteiger partial charge is 0.157 e. The van der Waals surface area contributed by atoms with E-state index in [1.807, 2.05) is 11.8 Å². The largest absolute Gasteiger partial charge is 0.361 e. The molecule has 0 saturated carbocycles. The molecule has 116 valence electrons. The third-order valence-corrected chi connectivity index (χ3v) is 4.67. The minimum absolute atomic E-state index is 0.466. The minimum atomic E-state index is 0.466. The highest BCUT2D eigenvalue weighted by molar-refractivity contribution is 8.14. The number of likely N-dealkylation sites (N-methyl/N-ethyl adjacent to an activating group) is 1. The van der Waals surface area contributed by atoms with E-state index < -0.39 is 0 Å². The summed E-state index contributed by atoms with van der Waals surface area (Å²) in [5.74, 6) is 0.694. The van der Waals surface area contributed by atoms with Gasteiger partial charge in [-0.05, 0) is 32.0 Å². The van der Waals surface area contributed by atoms with Crippen LogP contribution in [0, 0.1) is 5.92 Å². The first-order chi connectivity index (χ1) is 10.0. The van der Waals surface area contributed by atoms with Crippen molar-refractivity contribution >= 4 is 16.9 Å². The summed E-state index contributed by atoms with van der Waals surface area (Å²) in [6, 6.07) is 11.1. The molecule has 1 aliphatic rings. The first kappa shape index (κ1) is 16.4. The molecule has 1 aliphatic heterocycles. The normalized spacial score (nSPS) is 19.9. The molecule has 1 aromatic rings. The van der Waals surface area contributed by atoms with Crippen molar-refractivity contribution < 1.29 is 0 Å². The molecule has 3 nitrogen and oxygen atoms in total. The van der Waals surface area contributed by atoms with Gasteiger partial charge in [-0.3, -0.25) is 4.99 Å². The van der Waals surface area contributed by atoms with Gasteiger partial charge in [-0.15, -0.1) is 0 Å². The second-order valence-electron chi connectivity index (χ2n) is 6.40. The fourth-order valence-electron chi connectivity index (χ4n) is 2.66. The van der Waals surface area contributed by atoms with Crippen molar-refractivity contribution in [3.8, 4) is 0 Å². The zero-order valence-corrected chi connectivity index (χ0v) is 14.4. The second kappa shape index (κ2) is 7.85. The number of rotatable bonds is 6. The highest BCUT2D eigenvalue weighted by Crippen LogP contribution is 2.34. The van der Waals surface area contributed by atoms with Gasteiger partial charge in [0.2, 0.25) is 0 Å². The average molecular weight is 305 g/mol. The fourth-order valence-corrected chi connectivity index (χ4v) is 3.76. The maximum Gasteiger partial charge on any atom is 0.157 e. The lowest BCUT2D eigenvalue weighted by Gasteiger charge is -2.24. The topological polar surface area (TPSA) is 27.6 Å². The predicted octanol–water partition coefficient (Wildman–Crippen LogP) is 3.40. The molecular weight excluding hydrogens is 278 g/mol. The quantitative estimate of drug-likeness (QED) is 0.873. The minimum Gasteiger partial charge on any atom is -0.361 e. The van der Waals surface area contributed by atoms with Crippen LogP contribution in [0.4, 0.5) is 0 Å².